The van der Waals surface area contributed by atoms with Crippen LogP contribution in [0.4, 0.5) is 5.69 Å². The number of nitrogens with zero attached hydrogens (tertiary/aromatic N) is 1. The lowest BCUT2D eigenvalue weighted by Crippen LogP contribution is -2.44. The molecule has 0 radical (unpaired) electrons. The lowest BCUT2D eigenvalue weighted by Gasteiger charge is -2.21. The maximum absolute atomic E-state index is 12.6. The van der Waals surface area contributed by atoms with Gasteiger partial charge in [-0.25, -0.2) is 4.79 Å². The van der Waals surface area contributed by atoms with Crippen LogP contribution in [0, 0.1) is 11.8 Å². The van der Waals surface area contributed by atoms with Crippen LogP contribution >= 0.6 is 0 Å². The van der Waals surface area contributed by atoms with Crippen molar-refractivity contribution in [3.8, 4) is 5.75 Å². The number of hydrogen-bond donors (Lipinski definition) is 1. The van der Waals surface area contributed by atoms with E-state index in [-0.39, 0.29) is 41.7 Å². The largest absolute Gasteiger partial charge is 0.482 e. The number of imide groups is 1. The van der Waals surface area contributed by atoms with Gasteiger partial charge in [0.1, 0.15) is 11.8 Å². The normalized spacial score (nSPS) is 23.8. The van der Waals surface area contributed by atoms with Crippen molar-refractivity contribution in [2.24, 2.45) is 11.8 Å². The molecule has 0 unspecified atom stereocenters. The number of esters is 1. The molecule has 2 heterocycles. The summed E-state index contributed by atoms with van der Waals surface area (Å²) in [6.45, 7) is 0.803. The van der Waals surface area contributed by atoms with Crippen molar-refractivity contribution in [3.63, 3.8) is 0 Å². The van der Waals surface area contributed by atoms with Gasteiger partial charge in [0, 0.05) is 5.56 Å². The number of fused-ring (bicyclic) bond motifs is 2. The third-order valence-electron chi connectivity index (χ3n) is 5.88. The highest BCUT2D eigenvalue weighted by Crippen LogP contribution is 2.39. The van der Waals surface area contributed by atoms with Gasteiger partial charge in [-0.1, -0.05) is 12.8 Å². The summed E-state index contributed by atoms with van der Waals surface area (Å²) in [6, 6.07) is 3.42. The quantitative estimate of drug-likeness (QED) is 0.438. The summed E-state index contributed by atoms with van der Waals surface area (Å²) in [5.74, 6) is -2.52. The van der Waals surface area contributed by atoms with Crippen LogP contribution in [-0.4, -0.2) is 53.6 Å². The summed E-state index contributed by atoms with van der Waals surface area (Å²) < 4.78 is 10.3. The van der Waals surface area contributed by atoms with Crippen molar-refractivity contribution in [3.05, 3.63) is 23.8 Å². The number of ketones is 1. The lowest BCUT2D eigenvalue weighted by atomic mass is 9.81. The van der Waals surface area contributed by atoms with Gasteiger partial charge in [0.2, 0.25) is 11.8 Å². The van der Waals surface area contributed by atoms with Gasteiger partial charge in [0.25, 0.3) is 5.91 Å². The molecule has 0 bridgehead atoms. The lowest BCUT2D eigenvalue weighted by molar-refractivity contribution is -0.157. The first kappa shape index (κ1) is 20.1. The molecule has 2 aliphatic heterocycles. The molecule has 4 rings (SSSR count). The minimum atomic E-state index is -1.08. The molecule has 30 heavy (non-hydrogen) atoms. The second kappa shape index (κ2) is 7.89. The SMILES string of the molecule is C[C@@H](C(=O)OCC(=O)c1ccc2c(c1)NC(=O)CO2)N1C(=O)[C@@H]2CCCC[C@H]2C1=O. The fraction of sp³-hybridized carbons (Fsp3) is 0.476. The third kappa shape index (κ3) is 3.55. The van der Waals surface area contributed by atoms with Crippen molar-refractivity contribution in [1.82, 2.24) is 4.90 Å². The molecular formula is C21H22N2O7. The number of likely N-dealkylation sites (tertiary alicyclic amines) is 1. The van der Waals surface area contributed by atoms with Crippen LogP contribution in [-0.2, 0) is 23.9 Å². The maximum Gasteiger partial charge on any atom is 0.329 e. The number of nitrogens with one attached hydrogen (secondary N) is 1. The molecule has 1 aromatic carbocycles. The van der Waals surface area contributed by atoms with Gasteiger partial charge in [-0.2, -0.15) is 0 Å². The molecule has 3 atom stereocenters. The molecule has 1 saturated heterocycles. The molecule has 1 aromatic rings. The summed E-state index contributed by atoms with van der Waals surface area (Å²) >= 11 is 0. The second-order valence-corrected chi connectivity index (χ2v) is 7.80. The van der Waals surface area contributed by atoms with Crippen molar-refractivity contribution >= 4 is 35.2 Å². The Hall–Kier alpha value is -3.23. The van der Waals surface area contributed by atoms with Crippen LogP contribution in [0.15, 0.2) is 18.2 Å². The van der Waals surface area contributed by atoms with Gasteiger partial charge in [0.05, 0.1) is 17.5 Å². The zero-order chi connectivity index (χ0) is 21.4. The fourth-order valence-corrected chi connectivity index (χ4v) is 4.27. The number of ether oxygens (including phenoxy) is 2. The first-order valence-electron chi connectivity index (χ1n) is 10.00. The second-order valence-electron chi connectivity index (χ2n) is 7.80. The predicted octanol–water partition coefficient (Wildman–Crippen LogP) is 1.31. The van der Waals surface area contributed by atoms with E-state index in [1.165, 1.54) is 19.1 Å². The van der Waals surface area contributed by atoms with Gasteiger partial charge in [-0.3, -0.25) is 24.1 Å². The Morgan fingerprint density at radius 1 is 1.17 bits per heavy atom. The molecular weight excluding hydrogens is 392 g/mol. The maximum atomic E-state index is 12.6. The van der Waals surface area contributed by atoms with Crippen molar-refractivity contribution < 1.29 is 33.4 Å². The first-order chi connectivity index (χ1) is 14.4. The molecule has 0 aromatic heterocycles. The van der Waals surface area contributed by atoms with E-state index in [0.717, 1.165) is 17.7 Å². The van der Waals surface area contributed by atoms with E-state index in [2.05, 4.69) is 5.32 Å². The van der Waals surface area contributed by atoms with Crippen molar-refractivity contribution in [2.45, 2.75) is 38.6 Å². The minimum absolute atomic E-state index is 0.0918. The summed E-state index contributed by atoms with van der Waals surface area (Å²) in [5, 5.41) is 2.60. The van der Waals surface area contributed by atoms with Crippen LogP contribution in [0.3, 0.4) is 0 Å². The van der Waals surface area contributed by atoms with E-state index in [4.69, 9.17) is 9.47 Å². The van der Waals surface area contributed by atoms with E-state index in [0.29, 0.717) is 24.3 Å². The van der Waals surface area contributed by atoms with Crippen LogP contribution in [0.25, 0.3) is 0 Å². The van der Waals surface area contributed by atoms with Crippen LogP contribution in [0.5, 0.6) is 5.75 Å². The average Bonchev–Trinajstić information content (AvgIpc) is 3.01. The molecule has 2 fully saturated rings. The molecule has 9 heteroatoms. The Labute approximate surface area is 172 Å². The zero-order valence-corrected chi connectivity index (χ0v) is 16.5. The number of Topliss-reactive ketones (excluding diaryl/α,β-unsaturated/α-hetero) is 1. The number of anilines is 1. The van der Waals surface area contributed by atoms with Gasteiger partial charge in [-0.15, -0.1) is 0 Å². The fourth-order valence-electron chi connectivity index (χ4n) is 4.27. The standard InChI is InChI=1S/C21H22N2O7/c1-11(23-19(26)13-4-2-3-5-14(13)20(23)27)21(28)30-9-16(24)12-6-7-17-15(8-12)22-18(25)10-29-17/h6-8,11,13-14H,2-5,9-10H2,1H3,(H,22,25)/t11-,13+,14+/m0/s1. The monoisotopic (exact) mass is 414 g/mol. The first-order valence-corrected chi connectivity index (χ1v) is 10.00. The highest BCUT2D eigenvalue weighted by molar-refractivity contribution is 6.08. The van der Waals surface area contributed by atoms with E-state index in [9.17, 15) is 24.0 Å². The van der Waals surface area contributed by atoms with Crippen LogP contribution in [0.1, 0.15) is 43.0 Å². The zero-order valence-electron chi connectivity index (χ0n) is 16.5. The number of benzene rings is 1. The highest BCUT2D eigenvalue weighted by Gasteiger charge is 2.51. The summed E-state index contributed by atoms with van der Waals surface area (Å²) in [4.78, 5) is 62.5. The molecule has 1 N–H and O–H groups in total. The van der Waals surface area contributed by atoms with Gasteiger partial charge in [0.15, 0.2) is 19.0 Å². The molecule has 1 saturated carbocycles. The van der Waals surface area contributed by atoms with E-state index in [1.807, 2.05) is 0 Å². The highest BCUT2D eigenvalue weighted by atomic mass is 16.5. The number of rotatable bonds is 5. The van der Waals surface area contributed by atoms with Crippen LogP contribution < -0.4 is 10.1 Å². The van der Waals surface area contributed by atoms with E-state index < -0.39 is 24.4 Å². The number of amides is 3. The molecule has 3 amide bonds. The van der Waals surface area contributed by atoms with Crippen molar-refractivity contribution in [1.29, 1.82) is 0 Å². The molecule has 158 valence electrons. The van der Waals surface area contributed by atoms with E-state index >= 15 is 0 Å². The predicted molar refractivity (Wildman–Crippen MR) is 103 cm³/mol. The van der Waals surface area contributed by atoms with Gasteiger partial charge < -0.3 is 14.8 Å². The topological polar surface area (TPSA) is 119 Å². The molecule has 3 aliphatic rings. The Bertz CT molecular complexity index is 917. The molecule has 0 spiro atoms. The Morgan fingerprint density at radius 2 is 1.83 bits per heavy atom. The Morgan fingerprint density at radius 3 is 2.50 bits per heavy atom. The summed E-state index contributed by atoms with van der Waals surface area (Å²) in [6.07, 6.45) is 3.11. The Kier molecular flexibility index (Phi) is 5.27. The number of carbonyl (C=O) groups excluding carboxylic acids is 5. The van der Waals surface area contributed by atoms with Gasteiger partial charge >= 0.3 is 5.97 Å². The third-order valence-corrected chi connectivity index (χ3v) is 5.88. The number of hydrogen-bond acceptors (Lipinski definition) is 7. The molecule has 1 aliphatic carbocycles. The van der Waals surface area contributed by atoms with E-state index in [1.54, 1.807) is 6.07 Å². The van der Waals surface area contributed by atoms with Crippen molar-refractivity contribution in [2.75, 3.05) is 18.5 Å². The average molecular weight is 414 g/mol. The summed E-state index contributed by atoms with van der Waals surface area (Å²) in [5.41, 5.74) is 0.604. The Balaban J connectivity index is 1.38. The summed E-state index contributed by atoms with van der Waals surface area (Å²) in [7, 11) is 0. The van der Waals surface area contributed by atoms with Gasteiger partial charge in [-0.05, 0) is 38.0 Å². The number of carbonyl (C=O) groups is 5. The molecule has 9 nitrogen and oxygen atoms in total. The minimum Gasteiger partial charge on any atom is -0.482 e. The smallest absolute Gasteiger partial charge is 0.329 e. The van der Waals surface area contributed by atoms with Crippen LogP contribution in [0.2, 0.25) is 0 Å².